The van der Waals surface area contributed by atoms with Crippen LogP contribution in [-0.4, -0.2) is 59.7 Å². The van der Waals surface area contributed by atoms with Crippen molar-refractivity contribution in [3.63, 3.8) is 0 Å². The van der Waals surface area contributed by atoms with Crippen LogP contribution in [0.1, 0.15) is 5.69 Å². The third-order valence-corrected chi connectivity index (χ3v) is 5.01. The van der Waals surface area contributed by atoms with Crippen molar-refractivity contribution in [2.24, 2.45) is 7.05 Å². The largest absolute Gasteiger partial charge is 0.383 e. The van der Waals surface area contributed by atoms with Crippen molar-refractivity contribution in [3.8, 4) is 0 Å². The molecule has 0 spiro atoms. The highest BCUT2D eigenvalue weighted by Gasteiger charge is 2.22. The van der Waals surface area contributed by atoms with Gasteiger partial charge in [0.25, 0.3) is 0 Å². The van der Waals surface area contributed by atoms with Gasteiger partial charge in [0.2, 0.25) is 5.91 Å². The number of anilines is 1. The zero-order chi connectivity index (χ0) is 22.1. The topological polar surface area (TPSA) is 66.8 Å². The van der Waals surface area contributed by atoms with Crippen LogP contribution >= 0.6 is 23.2 Å². The Morgan fingerprint density at radius 1 is 1.27 bits per heavy atom. The number of hydrogen-bond donors (Lipinski definition) is 1. The van der Waals surface area contributed by atoms with Gasteiger partial charge in [0.15, 0.2) is 0 Å². The normalized spacial score (nSPS) is 10.5. The van der Waals surface area contributed by atoms with Crippen LogP contribution in [-0.2, 0) is 23.1 Å². The molecular weight excluding hydrogens is 427 g/mol. The van der Waals surface area contributed by atoms with Crippen molar-refractivity contribution in [1.29, 1.82) is 0 Å². The van der Waals surface area contributed by atoms with E-state index in [1.54, 1.807) is 30.2 Å². The first-order valence-corrected chi connectivity index (χ1v) is 10.1. The summed E-state index contributed by atoms with van der Waals surface area (Å²) in [6.07, 6.45) is 3.48. The van der Waals surface area contributed by atoms with Crippen LogP contribution < -0.4 is 5.32 Å². The second-order valence-electron chi connectivity index (χ2n) is 6.64. The number of ether oxygens (including phenoxy) is 1. The average Bonchev–Trinajstić information content (AvgIpc) is 3.11. The molecule has 0 saturated carbocycles. The van der Waals surface area contributed by atoms with Gasteiger partial charge < -0.3 is 24.4 Å². The lowest BCUT2D eigenvalue weighted by Crippen LogP contribution is -2.45. The lowest BCUT2D eigenvalue weighted by Gasteiger charge is -2.27. The van der Waals surface area contributed by atoms with E-state index in [1.165, 1.54) is 11.0 Å². The van der Waals surface area contributed by atoms with Gasteiger partial charge >= 0.3 is 6.03 Å². The van der Waals surface area contributed by atoms with Gasteiger partial charge in [0.1, 0.15) is 6.54 Å². The molecule has 1 aromatic carbocycles. The molecule has 2 aromatic rings. The minimum absolute atomic E-state index is 0.114. The zero-order valence-electron chi connectivity index (χ0n) is 17.1. The van der Waals surface area contributed by atoms with Crippen LogP contribution in [0.25, 0.3) is 0 Å². The number of benzene rings is 1. The van der Waals surface area contributed by atoms with Gasteiger partial charge in [-0.15, -0.1) is 6.58 Å². The van der Waals surface area contributed by atoms with E-state index in [0.717, 1.165) is 5.69 Å². The van der Waals surface area contributed by atoms with E-state index in [1.807, 2.05) is 29.9 Å². The third-order valence-electron chi connectivity index (χ3n) is 4.46. The molecule has 3 amide bonds. The second-order valence-corrected chi connectivity index (χ2v) is 7.49. The van der Waals surface area contributed by atoms with Crippen molar-refractivity contribution in [2.75, 3.05) is 38.7 Å². The van der Waals surface area contributed by atoms with E-state index in [4.69, 9.17) is 27.9 Å². The monoisotopic (exact) mass is 452 g/mol. The molecular formula is C21H26Cl2N4O3. The van der Waals surface area contributed by atoms with Crippen LogP contribution in [0.3, 0.4) is 0 Å². The number of carbonyl (C=O) groups excluding carboxylic acids is 2. The molecule has 0 aliphatic carbocycles. The third kappa shape index (κ3) is 6.79. The lowest BCUT2D eigenvalue weighted by molar-refractivity contribution is -0.133. The molecule has 0 aliphatic heterocycles. The molecule has 0 saturated heterocycles. The summed E-state index contributed by atoms with van der Waals surface area (Å²) in [5.74, 6) is -0.201. The number of carbonyl (C=O) groups is 2. The van der Waals surface area contributed by atoms with E-state index >= 15 is 0 Å². The highest BCUT2D eigenvalue weighted by molar-refractivity contribution is 6.36. The van der Waals surface area contributed by atoms with Gasteiger partial charge in [-0.2, -0.15) is 0 Å². The highest BCUT2D eigenvalue weighted by atomic mass is 35.5. The molecule has 0 radical (unpaired) electrons. The lowest BCUT2D eigenvalue weighted by atomic mass is 10.3. The Kier molecular flexibility index (Phi) is 9.23. The Morgan fingerprint density at radius 3 is 2.63 bits per heavy atom. The summed E-state index contributed by atoms with van der Waals surface area (Å²) >= 11 is 12.0. The maximum Gasteiger partial charge on any atom is 0.322 e. The van der Waals surface area contributed by atoms with Crippen molar-refractivity contribution in [3.05, 3.63) is 64.9 Å². The van der Waals surface area contributed by atoms with Gasteiger partial charge in [-0.05, 0) is 30.3 Å². The van der Waals surface area contributed by atoms with E-state index < -0.39 is 6.03 Å². The maximum absolute atomic E-state index is 13.0. The fourth-order valence-electron chi connectivity index (χ4n) is 2.77. The Bertz CT molecular complexity index is 885. The minimum atomic E-state index is -0.460. The highest BCUT2D eigenvalue weighted by Crippen LogP contribution is 2.25. The smallest absolute Gasteiger partial charge is 0.322 e. The summed E-state index contributed by atoms with van der Waals surface area (Å²) < 4.78 is 7.09. The Hall–Kier alpha value is -2.48. The van der Waals surface area contributed by atoms with Crippen LogP contribution in [0.5, 0.6) is 0 Å². The number of amides is 3. The standard InChI is InChI=1S/C21H26Cl2N4O3/c1-4-9-27(21(29)24-19-8-7-16(22)13-18(19)23)15-20(28)26(11-12-30-3)14-17-6-5-10-25(17)2/h4-8,10,13H,1,9,11-12,14-15H2,2-3H3,(H,24,29). The molecule has 7 nitrogen and oxygen atoms in total. The number of aromatic nitrogens is 1. The summed E-state index contributed by atoms with van der Waals surface area (Å²) in [7, 11) is 3.50. The summed E-state index contributed by atoms with van der Waals surface area (Å²) in [6, 6.07) is 8.17. The molecule has 9 heteroatoms. The minimum Gasteiger partial charge on any atom is -0.383 e. The first-order valence-electron chi connectivity index (χ1n) is 9.34. The first kappa shape index (κ1) is 23.8. The van der Waals surface area contributed by atoms with Crippen LogP contribution in [0, 0.1) is 0 Å². The van der Waals surface area contributed by atoms with Gasteiger partial charge in [0.05, 0.1) is 23.9 Å². The van der Waals surface area contributed by atoms with E-state index in [2.05, 4.69) is 11.9 Å². The number of aryl methyl sites for hydroxylation is 1. The molecule has 1 heterocycles. The predicted molar refractivity (Wildman–Crippen MR) is 120 cm³/mol. The van der Waals surface area contributed by atoms with E-state index in [9.17, 15) is 9.59 Å². The number of nitrogens with one attached hydrogen (secondary N) is 1. The van der Waals surface area contributed by atoms with E-state index in [0.29, 0.717) is 35.4 Å². The van der Waals surface area contributed by atoms with Gasteiger partial charge in [-0.1, -0.05) is 29.3 Å². The fourth-order valence-corrected chi connectivity index (χ4v) is 3.23. The Labute approximate surface area is 186 Å². The molecule has 2 rings (SSSR count). The SMILES string of the molecule is C=CCN(CC(=O)N(CCOC)Cc1cccn1C)C(=O)Nc1ccc(Cl)cc1Cl. The van der Waals surface area contributed by atoms with Crippen molar-refractivity contribution in [2.45, 2.75) is 6.54 Å². The van der Waals surface area contributed by atoms with Gasteiger partial charge in [-0.3, -0.25) is 4.79 Å². The number of hydrogen-bond acceptors (Lipinski definition) is 3. The first-order chi connectivity index (χ1) is 14.3. The number of nitrogens with zero attached hydrogens (tertiary/aromatic N) is 3. The zero-order valence-corrected chi connectivity index (χ0v) is 18.6. The van der Waals surface area contributed by atoms with E-state index in [-0.39, 0.29) is 19.0 Å². The molecule has 0 atom stereocenters. The van der Waals surface area contributed by atoms with Crippen molar-refractivity contribution in [1.82, 2.24) is 14.4 Å². The predicted octanol–water partition coefficient (Wildman–Crippen LogP) is 4.03. The maximum atomic E-state index is 13.0. The fraction of sp³-hybridized carbons (Fsp3) is 0.333. The average molecular weight is 453 g/mol. The number of rotatable bonds is 10. The van der Waals surface area contributed by atoms with Gasteiger partial charge in [-0.25, -0.2) is 4.79 Å². The van der Waals surface area contributed by atoms with Crippen LogP contribution in [0.2, 0.25) is 10.0 Å². The molecule has 0 fully saturated rings. The molecule has 0 unspecified atom stereocenters. The summed E-state index contributed by atoms with van der Waals surface area (Å²) in [5.41, 5.74) is 1.39. The van der Waals surface area contributed by atoms with Crippen LogP contribution in [0.15, 0.2) is 49.2 Å². The van der Waals surface area contributed by atoms with Crippen molar-refractivity contribution < 1.29 is 14.3 Å². The molecule has 0 bridgehead atoms. The molecule has 1 N–H and O–H groups in total. The quantitative estimate of drug-likeness (QED) is 0.553. The molecule has 1 aromatic heterocycles. The number of halogens is 2. The molecule has 0 aliphatic rings. The molecule has 30 heavy (non-hydrogen) atoms. The number of urea groups is 1. The summed E-state index contributed by atoms with van der Waals surface area (Å²) in [5, 5.41) is 3.49. The number of methoxy groups -OCH3 is 1. The van der Waals surface area contributed by atoms with Crippen molar-refractivity contribution >= 4 is 40.8 Å². The summed E-state index contributed by atoms with van der Waals surface area (Å²) in [6.45, 7) is 4.98. The Balaban J connectivity index is 2.10. The van der Waals surface area contributed by atoms with Gasteiger partial charge in [0, 0.05) is 44.2 Å². The second kappa shape index (κ2) is 11.6. The Morgan fingerprint density at radius 2 is 2.03 bits per heavy atom. The molecule has 162 valence electrons. The summed E-state index contributed by atoms with van der Waals surface area (Å²) in [4.78, 5) is 28.8. The van der Waals surface area contributed by atoms with Crippen LogP contribution in [0.4, 0.5) is 10.5 Å².